The third kappa shape index (κ3) is 1.71. The second-order valence-electron chi connectivity index (χ2n) is 6.10. The van der Waals surface area contributed by atoms with E-state index in [-0.39, 0.29) is 18.3 Å². The first kappa shape index (κ1) is 12.2. The van der Waals surface area contributed by atoms with Crippen LogP contribution in [0.5, 0.6) is 0 Å². The molecule has 0 spiro atoms. The Morgan fingerprint density at radius 2 is 1.89 bits per heavy atom. The molecule has 0 amide bonds. The molecule has 6 heteroatoms. The standard InChI is InChI=1S/C12H20BN3O2/c1-11(2)12(3,4)18-13(17-11)10-5-6-15-16(10)9-7-14-8-9/h5-6,9,14H,7-8H2,1-4H3. The molecule has 2 aliphatic rings. The van der Waals surface area contributed by atoms with Gasteiger partial charge >= 0.3 is 7.12 Å². The van der Waals surface area contributed by atoms with Gasteiger partial charge in [-0.2, -0.15) is 5.10 Å². The fourth-order valence-corrected chi connectivity index (χ4v) is 2.23. The van der Waals surface area contributed by atoms with Crippen LogP contribution < -0.4 is 10.9 Å². The van der Waals surface area contributed by atoms with Crippen molar-refractivity contribution in [3.05, 3.63) is 12.3 Å². The highest BCUT2D eigenvalue weighted by molar-refractivity contribution is 6.61. The van der Waals surface area contributed by atoms with Crippen LogP contribution in [0.15, 0.2) is 12.3 Å². The van der Waals surface area contributed by atoms with Gasteiger partial charge < -0.3 is 14.6 Å². The third-order valence-electron chi connectivity index (χ3n) is 4.30. The molecule has 0 unspecified atom stereocenters. The van der Waals surface area contributed by atoms with Gasteiger partial charge in [-0.15, -0.1) is 0 Å². The number of nitrogens with zero attached hydrogens (tertiary/aromatic N) is 2. The number of aromatic nitrogens is 2. The minimum atomic E-state index is -0.321. The van der Waals surface area contributed by atoms with Crippen LogP contribution in [0.3, 0.4) is 0 Å². The van der Waals surface area contributed by atoms with Gasteiger partial charge in [-0.25, -0.2) is 0 Å². The van der Waals surface area contributed by atoms with Crippen molar-refractivity contribution in [3.8, 4) is 0 Å². The molecule has 18 heavy (non-hydrogen) atoms. The highest BCUT2D eigenvalue weighted by atomic mass is 16.7. The molecule has 1 aromatic heterocycles. The lowest BCUT2D eigenvalue weighted by Gasteiger charge is -2.32. The van der Waals surface area contributed by atoms with Crippen LogP contribution >= 0.6 is 0 Å². The van der Waals surface area contributed by atoms with Gasteiger partial charge in [0.25, 0.3) is 0 Å². The summed E-state index contributed by atoms with van der Waals surface area (Å²) in [6.45, 7) is 10.2. The monoisotopic (exact) mass is 249 g/mol. The molecule has 0 saturated carbocycles. The van der Waals surface area contributed by atoms with Crippen molar-refractivity contribution in [2.75, 3.05) is 13.1 Å². The Morgan fingerprint density at radius 1 is 1.28 bits per heavy atom. The van der Waals surface area contributed by atoms with Crippen molar-refractivity contribution < 1.29 is 9.31 Å². The molecule has 1 N–H and O–H groups in total. The Labute approximate surface area is 108 Å². The number of nitrogens with one attached hydrogen (secondary N) is 1. The maximum absolute atomic E-state index is 6.06. The van der Waals surface area contributed by atoms with Crippen LogP contribution in [0.2, 0.25) is 0 Å². The molecule has 3 heterocycles. The molecule has 0 bridgehead atoms. The van der Waals surface area contributed by atoms with Gasteiger partial charge in [-0.3, -0.25) is 4.68 Å². The number of rotatable bonds is 2. The van der Waals surface area contributed by atoms with Crippen LogP contribution in [0.25, 0.3) is 0 Å². The first-order valence-corrected chi connectivity index (χ1v) is 6.50. The van der Waals surface area contributed by atoms with Crippen molar-refractivity contribution in [2.45, 2.75) is 44.9 Å². The van der Waals surface area contributed by atoms with Crippen LogP contribution in [-0.4, -0.2) is 41.2 Å². The highest BCUT2D eigenvalue weighted by Crippen LogP contribution is 2.36. The van der Waals surface area contributed by atoms with E-state index in [4.69, 9.17) is 9.31 Å². The first-order valence-electron chi connectivity index (χ1n) is 6.50. The van der Waals surface area contributed by atoms with Gasteiger partial charge in [-0.05, 0) is 33.8 Å². The zero-order valence-electron chi connectivity index (χ0n) is 11.4. The zero-order valence-corrected chi connectivity index (χ0v) is 11.4. The SMILES string of the molecule is CC1(C)OB(c2ccnn2C2CNC2)OC1(C)C. The predicted molar refractivity (Wildman–Crippen MR) is 69.8 cm³/mol. The van der Waals surface area contributed by atoms with E-state index in [0.29, 0.717) is 6.04 Å². The molecule has 2 fully saturated rings. The van der Waals surface area contributed by atoms with E-state index in [1.54, 1.807) is 0 Å². The van der Waals surface area contributed by atoms with Gasteiger partial charge in [0, 0.05) is 19.3 Å². The van der Waals surface area contributed by atoms with Crippen LogP contribution in [0, 0.1) is 0 Å². The van der Waals surface area contributed by atoms with Crippen molar-refractivity contribution in [2.24, 2.45) is 0 Å². The fraction of sp³-hybridized carbons (Fsp3) is 0.750. The molecule has 0 aliphatic carbocycles. The molecule has 0 aromatic carbocycles. The van der Waals surface area contributed by atoms with E-state index in [0.717, 1.165) is 18.7 Å². The minimum absolute atomic E-state index is 0.301. The van der Waals surface area contributed by atoms with Gasteiger partial charge in [0.1, 0.15) is 0 Å². The molecule has 2 aliphatic heterocycles. The summed E-state index contributed by atoms with van der Waals surface area (Å²) in [5.41, 5.74) is 0.412. The summed E-state index contributed by atoms with van der Waals surface area (Å²) in [5.74, 6) is 0. The Morgan fingerprint density at radius 3 is 2.39 bits per heavy atom. The quantitative estimate of drug-likeness (QED) is 0.767. The second kappa shape index (κ2) is 3.82. The smallest absolute Gasteiger partial charge is 0.398 e. The van der Waals surface area contributed by atoms with Crippen LogP contribution in [0.4, 0.5) is 0 Å². The zero-order chi connectivity index (χ0) is 13.0. The summed E-state index contributed by atoms with van der Waals surface area (Å²) in [6.07, 6.45) is 1.82. The maximum Gasteiger partial charge on any atom is 0.514 e. The van der Waals surface area contributed by atoms with E-state index in [1.165, 1.54) is 0 Å². The summed E-state index contributed by atoms with van der Waals surface area (Å²) in [6, 6.07) is 2.41. The van der Waals surface area contributed by atoms with E-state index in [1.807, 2.05) is 16.9 Å². The Bertz CT molecular complexity index is 438. The van der Waals surface area contributed by atoms with Crippen LogP contribution in [-0.2, 0) is 9.31 Å². The summed E-state index contributed by atoms with van der Waals surface area (Å²) in [4.78, 5) is 0. The Kier molecular flexibility index (Phi) is 2.59. The summed E-state index contributed by atoms with van der Waals surface area (Å²) < 4.78 is 14.2. The second-order valence-corrected chi connectivity index (χ2v) is 6.10. The van der Waals surface area contributed by atoms with Crippen molar-refractivity contribution in [1.29, 1.82) is 0 Å². The molecule has 1 aromatic rings. The third-order valence-corrected chi connectivity index (χ3v) is 4.30. The number of hydrogen-bond acceptors (Lipinski definition) is 4. The van der Waals surface area contributed by atoms with Gasteiger partial charge in [0.15, 0.2) is 0 Å². The molecular formula is C12H20BN3O2. The average Bonchev–Trinajstić information content (AvgIpc) is 2.68. The van der Waals surface area contributed by atoms with Crippen molar-refractivity contribution in [3.63, 3.8) is 0 Å². The molecule has 98 valence electrons. The Hall–Kier alpha value is -0.845. The molecule has 0 atom stereocenters. The van der Waals surface area contributed by atoms with Gasteiger partial charge in [0.05, 0.1) is 22.8 Å². The maximum atomic E-state index is 6.06. The normalized spacial score (nSPS) is 26.3. The highest BCUT2D eigenvalue weighted by Gasteiger charge is 2.53. The van der Waals surface area contributed by atoms with Gasteiger partial charge in [0.2, 0.25) is 0 Å². The first-order chi connectivity index (χ1) is 8.41. The Balaban J connectivity index is 1.86. The number of hydrogen-bond donors (Lipinski definition) is 1. The summed E-state index contributed by atoms with van der Waals surface area (Å²) in [5, 5.41) is 7.65. The lowest BCUT2D eigenvalue weighted by molar-refractivity contribution is 0.00578. The summed E-state index contributed by atoms with van der Waals surface area (Å²) in [7, 11) is -0.321. The molecule has 5 nitrogen and oxygen atoms in total. The topological polar surface area (TPSA) is 48.3 Å². The molecule has 3 rings (SSSR count). The van der Waals surface area contributed by atoms with Gasteiger partial charge in [-0.1, -0.05) is 0 Å². The van der Waals surface area contributed by atoms with E-state index < -0.39 is 0 Å². The van der Waals surface area contributed by atoms with E-state index in [2.05, 4.69) is 38.1 Å². The van der Waals surface area contributed by atoms with E-state index >= 15 is 0 Å². The molecular weight excluding hydrogens is 229 g/mol. The fourth-order valence-electron chi connectivity index (χ4n) is 2.23. The predicted octanol–water partition coefficient (Wildman–Crippen LogP) is 0.327. The minimum Gasteiger partial charge on any atom is -0.398 e. The molecule has 0 radical (unpaired) electrons. The van der Waals surface area contributed by atoms with Crippen molar-refractivity contribution in [1.82, 2.24) is 15.1 Å². The lowest BCUT2D eigenvalue weighted by atomic mass is 9.84. The van der Waals surface area contributed by atoms with Crippen LogP contribution in [0.1, 0.15) is 33.7 Å². The summed E-state index contributed by atoms with van der Waals surface area (Å²) >= 11 is 0. The largest absolute Gasteiger partial charge is 0.514 e. The average molecular weight is 249 g/mol. The molecule has 2 saturated heterocycles. The van der Waals surface area contributed by atoms with Crippen molar-refractivity contribution >= 4 is 12.7 Å². The lowest BCUT2D eigenvalue weighted by Crippen LogP contribution is -2.50. The van der Waals surface area contributed by atoms with E-state index in [9.17, 15) is 0 Å².